The highest BCUT2D eigenvalue weighted by atomic mass is 16.6. The van der Waals surface area contributed by atoms with Crippen LogP contribution in [0.15, 0.2) is 18.2 Å². The summed E-state index contributed by atoms with van der Waals surface area (Å²) < 4.78 is 5.54. The Morgan fingerprint density at radius 3 is 2.88 bits per heavy atom. The van der Waals surface area contributed by atoms with Crippen molar-refractivity contribution in [2.75, 3.05) is 38.2 Å². The Kier molecular flexibility index (Phi) is 5.28. The molecular formula is C17H22N4O3. The van der Waals surface area contributed by atoms with Crippen molar-refractivity contribution >= 4 is 11.4 Å². The summed E-state index contributed by atoms with van der Waals surface area (Å²) in [4.78, 5) is 13.3. The van der Waals surface area contributed by atoms with Crippen LogP contribution in [0.1, 0.15) is 24.8 Å². The molecule has 0 bridgehead atoms. The zero-order chi connectivity index (χ0) is 16.9. The first-order valence-corrected chi connectivity index (χ1v) is 8.43. The van der Waals surface area contributed by atoms with Gasteiger partial charge in [0.05, 0.1) is 23.2 Å². The Labute approximate surface area is 141 Å². The number of nitriles is 1. The highest BCUT2D eigenvalue weighted by Gasteiger charge is 2.32. The monoisotopic (exact) mass is 330 g/mol. The van der Waals surface area contributed by atoms with E-state index in [9.17, 15) is 10.1 Å². The topological polar surface area (TPSA) is 91.4 Å². The van der Waals surface area contributed by atoms with Gasteiger partial charge < -0.3 is 10.1 Å². The van der Waals surface area contributed by atoms with E-state index in [2.05, 4.69) is 10.2 Å². The van der Waals surface area contributed by atoms with Crippen LogP contribution in [0.2, 0.25) is 0 Å². The summed E-state index contributed by atoms with van der Waals surface area (Å²) in [6.45, 7) is 4.38. The molecule has 0 saturated carbocycles. The molecule has 2 atom stereocenters. The Morgan fingerprint density at radius 1 is 1.46 bits per heavy atom. The van der Waals surface area contributed by atoms with Gasteiger partial charge in [0.2, 0.25) is 0 Å². The Morgan fingerprint density at radius 2 is 2.25 bits per heavy atom. The van der Waals surface area contributed by atoms with Crippen molar-refractivity contribution in [2.45, 2.75) is 25.3 Å². The molecule has 7 heteroatoms. The van der Waals surface area contributed by atoms with Gasteiger partial charge in [0, 0.05) is 31.2 Å². The smallest absolute Gasteiger partial charge is 0.293 e. The number of hydrogen-bond acceptors (Lipinski definition) is 6. The van der Waals surface area contributed by atoms with Crippen LogP contribution in [0.5, 0.6) is 0 Å². The van der Waals surface area contributed by atoms with E-state index in [1.54, 1.807) is 12.1 Å². The van der Waals surface area contributed by atoms with Crippen LogP contribution < -0.4 is 5.32 Å². The van der Waals surface area contributed by atoms with E-state index in [-0.39, 0.29) is 5.69 Å². The summed E-state index contributed by atoms with van der Waals surface area (Å²) in [6.07, 6.45) is 3.46. The van der Waals surface area contributed by atoms with E-state index in [1.807, 2.05) is 6.07 Å². The molecule has 0 spiro atoms. The second kappa shape index (κ2) is 7.60. The number of ether oxygens (including phenoxy) is 1. The second-order valence-electron chi connectivity index (χ2n) is 6.42. The zero-order valence-corrected chi connectivity index (χ0v) is 13.6. The molecule has 2 heterocycles. The SMILES string of the molecule is N#Cc1ccc(NC[C@H]([C@H]2CCOC2)N2CCCC2)c([N+](=O)[O-])c1. The van der Waals surface area contributed by atoms with E-state index < -0.39 is 4.92 Å². The molecule has 1 aromatic carbocycles. The van der Waals surface area contributed by atoms with E-state index in [0.717, 1.165) is 32.7 Å². The van der Waals surface area contributed by atoms with Crippen molar-refractivity contribution < 1.29 is 9.66 Å². The highest BCUT2D eigenvalue weighted by molar-refractivity contribution is 5.64. The molecule has 0 aliphatic carbocycles. The third-order valence-electron chi connectivity index (χ3n) is 4.94. The summed E-state index contributed by atoms with van der Waals surface area (Å²) in [5.74, 6) is 0.466. The molecule has 2 aliphatic heterocycles. The van der Waals surface area contributed by atoms with Crippen LogP contribution in [-0.2, 0) is 4.74 Å². The molecule has 1 N–H and O–H groups in total. The molecule has 2 fully saturated rings. The lowest BCUT2D eigenvalue weighted by Gasteiger charge is -2.32. The van der Waals surface area contributed by atoms with Gasteiger partial charge in [0.1, 0.15) is 5.69 Å². The summed E-state index contributed by atoms with van der Waals surface area (Å²) in [5, 5.41) is 23.5. The molecular weight excluding hydrogens is 308 g/mol. The molecule has 2 saturated heterocycles. The van der Waals surface area contributed by atoms with Gasteiger partial charge in [-0.1, -0.05) is 0 Å². The minimum atomic E-state index is -0.438. The first-order valence-electron chi connectivity index (χ1n) is 8.43. The van der Waals surface area contributed by atoms with Crippen molar-refractivity contribution in [3.63, 3.8) is 0 Å². The average Bonchev–Trinajstić information content (AvgIpc) is 3.29. The summed E-state index contributed by atoms with van der Waals surface area (Å²) in [7, 11) is 0. The number of nitro benzene ring substituents is 1. The van der Waals surface area contributed by atoms with Crippen molar-refractivity contribution in [1.82, 2.24) is 4.90 Å². The first kappa shape index (κ1) is 16.7. The number of nitrogens with one attached hydrogen (secondary N) is 1. The number of benzene rings is 1. The molecule has 3 rings (SSSR count). The van der Waals surface area contributed by atoms with Gasteiger partial charge in [-0.05, 0) is 44.5 Å². The molecule has 0 amide bonds. The minimum absolute atomic E-state index is 0.0445. The van der Waals surface area contributed by atoms with Crippen LogP contribution in [0, 0.1) is 27.4 Å². The maximum Gasteiger partial charge on any atom is 0.293 e. The summed E-state index contributed by atoms with van der Waals surface area (Å²) >= 11 is 0. The molecule has 0 unspecified atom stereocenters. The molecule has 7 nitrogen and oxygen atoms in total. The van der Waals surface area contributed by atoms with Gasteiger partial charge in [-0.2, -0.15) is 5.26 Å². The van der Waals surface area contributed by atoms with Gasteiger partial charge in [-0.15, -0.1) is 0 Å². The predicted octanol–water partition coefficient (Wildman–Crippen LogP) is 2.38. The fourth-order valence-electron chi connectivity index (χ4n) is 3.64. The first-order chi connectivity index (χ1) is 11.7. The van der Waals surface area contributed by atoms with Gasteiger partial charge in [0.25, 0.3) is 5.69 Å². The van der Waals surface area contributed by atoms with Gasteiger partial charge in [0.15, 0.2) is 0 Å². The average molecular weight is 330 g/mol. The molecule has 24 heavy (non-hydrogen) atoms. The van der Waals surface area contributed by atoms with E-state index in [4.69, 9.17) is 10.00 Å². The second-order valence-corrected chi connectivity index (χ2v) is 6.42. The summed E-state index contributed by atoms with van der Waals surface area (Å²) in [6, 6.07) is 6.83. The number of rotatable bonds is 6. The van der Waals surface area contributed by atoms with Crippen molar-refractivity contribution in [3.05, 3.63) is 33.9 Å². The van der Waals surface area contributed by atoms with Crippen LogP contribution in [0.3, 0.4) is 0 Å². The maximum atomic E-state index is 11.3. The largest absolute Gasteiger partial charge is 0.381 e. The van der Waals surface area contributed by atoms with Crippen LogP contribution in [0.4, 0.5) is 11.4 Å². The fraction of sp³-hybridized carbons (Fsp3) is 0.588. The van der Waals surface area contributed by atoms with Gasteiger partial charge >= 0.3 is 0 Å². The zero-order valence-electron chi connectivity index (χ0n) is 13.6. The van der Waals surface area contributed by atoms with Crippen LogP contribution >= 0.6 is 0 Å². The fourth-order valence-corrected chi connectivity index (χ4v) is 3.64. The predicted molar refractivity (Wildman–Crippen MR) is 89.8 cm³/mol. The maximum absolute atomic E-state index is 11.3. The van der Waals surface area contributed by atoms with E-state index in [1.165, 1.54) is 18.9 Å². The molecule has 1 aromatic rings. The normalized spacial score (nSPS) is 22.2. The number of anilines is 1. The Balaban J connectivity index is 1.74. The number of likely N-dealkylation sites (tertiary alicyclic amines) is 1. The third-order valence-corrected chi connectivity index (χ3v) is 4.94. The Hall–Kier alpha value is -2.17. The lowest BCUT2D eigenvalue weighted by atomic mass is 9.97. The van der Waals surface area contributed by atoms with Crippen LogP contribution in [-0.4, -0.2) is 48.7 Å². The van der Waals surface area contributed by atoms with Crippen molar-refractivity contribution in [2.24, 2.45) is 5.92 Å². The molecule has 128 valence electrons. The standard InChI is InChI=1S/C17H22N4O3/c18-10-13-3-4-15(16(9-13)21(22)23)19-11-17(14-5-8-24-12-14)20-6-1-2-7-20/h3-4,9,14,17,19H,1-2,5-8,11-12H2/t14-,17+/m0/s1. The summed E-state index contributed by atoms with van der Waals surface area (Å²) in [5.41, 5.74) is 0.728. The van der Waals surface area contributed by atoms with Crippen LogP contribution in [0.25, 0.3) is 0 Å². The van der Waals surface area contributed by atoms with E-state index in [0.29, 0.717) is 29.8 Å². The van der Waals surface area contributed by atoms with Crippen molar-refractivity contribution in [1.29, 1.82) is 5.26 Å². The molecule has 2 aliphatic rings. The third kappa shape index (κ3) is 3.66. The molecule has 0 aromatic heterocycles. The molecule has 0 radical (unpaired) electrons. The number of hydrogen-bond donors (Lipinski definition) is 1. The Bertz CT molecular complexity index is 615. The number of nitrogens with zero attached hydrogens (tertiary/aromatic N) is 3. The lowest BCUT2D eigenvalue weighted by Crippen LogP contribution is -2.44. The minimum Gasteiger partial charge on any atom is -0.381 e. The number of nitro groups is 1. The quantitative estimate of drug-likeness (QED) is 0.636. The lowest BCUT2D eigenvalue weighted by molar-refractivity contribution is -0.384. The van der Waals surface area contributed by atoms with E-state index >= 15 is 0 Å². The van der Waals surface area contributed by atoms with Gasteiger partial charge in [-0.3, -0.25) is 15.0 Å². The highest BCUT2D eigenvalue weighted by Crippen LogP contribution is 2.28. The van der Waals surface area contributed by atoms with Gasteiger partial charge in [-0.25, -0.2) is 0 Å². The van der Waals surface area contributed by atoms with Crippen molar-refractivity contribution in [3.8, 4) is 6.07 Å².